The van der Waals surface area contributed by atoms with E-state index in [-0.39, 0.29) is 11.9 Å². The number of benzene rings is 4. The predicted octanol–water partition coefficient (Wildman–Crippen LogP) is 12.7. The van der Waals surface area contributed by atoms with Crippen LogP contribution in [0.5, 0.6) is 11.5 Å². The third kappa shape index (κ3) is 18.1. The SMILES string of the molecule is CCOC(=O)c1ccc(-c2ccc(OCCCCCCCCCC/C=C(\CCCCCCCCCOc3ccc(-c4ccc(C(=O)OCC)cc4)cc3)C(O)O)cc2)cc1. The molecule has 0 bridgehead atoms. The third-order valence-electron chi connectivity index (χ3n) is 10.7. The molecular weight excluding hydrogens is 753 g/mol. The van der Waals surface area contributed by atoms with Gasteiger partial charge in [-0.1, -0.05) is 125 Å². The number of ether oxygens (including phenoxy) is 4. The first-order chi connectivity index (χ1) is 29.4. The standard InChI is InChI=1S/C52H68O8/c1-3-57-51(55)46-27-23-41(24-28-46)43-31-35-48(36-32-43)59-39-19-15-11-7-5-6-9-13-17-21-45(50(53)54)22-18-14-10-8-12-16-20-40-60-49-37-33-44(34-38-49)42-25-29-47(30-26-42)52(56)58-4-2/h21,23-38,50,53-54H,3-20,22,39-40H2,1-2H3/b45-21+. The first-order valence-electron chi connectivity index (χ1n) is 22.4. The Labute approximate surface area is 358 Å². The number of aliphatic hydroxyl groups is 2. The van der Waals surface area contributed by atoms with Gasteiger partial charge in [-0.05, 0) is 129 Å². The highest BCUT2D eigenvalue weighted by Gasteiger charge is 2.09. The Morgan fingerprint density at radius 3 is 1.17 bits per heavy atom. The minimum Gasteiger partial charge on any atom is -0.494 e. The van der Waals surface area contributed by atoms with Crippen LogP contribution in [0.3, 0.4) is 0 Å². The van der Waals surface area contributed by atoms with Crippen molar-refractivity contribution in [1.29, 1.82) is 0 Å². The van der Waals surface area contributed by atoms with Gasteiger partial charge in [0.05, 0.1) is 37.6 Å². The fraction of sp³-hybridized carbons (Fsp3) is 0.462. The van der Waals surface area contributed by atoms with Crippen molar-refractivity contribution in [3.8, 4) is 33.8 Å². The number of allylic oxidation sites excluding steroid dienone is 1. The van der Waals surface area contributed by atoms with E-state index in [1.165, 1.54) is 44.9 Å². The number of hydrogen-bond acceptors (Lipinski definition) is 8. The average molecular weight is 821 g/mol. The highest BCUT2D eigenvalue weighted by atomic mass is 16.5. The molecule has 0 aromatic heterocycles. The Morgan fingerprint density at radius 2 is 0.800 bits per heavy atom. The zero-order chi connectivity index (χ0) is 42.6. The summed E-state index contributed by atoms with van der Waals surface area (Å²) in [6.07, 6.45) is 19.5. The maximum absolute atomic E-state index is 11.9. The molecule has 4 aromatic carbocycles. The van der Waals surface area contributed by atoms with E-state index in [2.05, 4.69) is 6.08 Å². The molecule has 324 valence electrons. The van der Waals surface area contributed by atoms with Gasteiger partial charge in [-0.25, -0.2) is 9.59 Å². The smallest absolute Gasteiger partial charge is 0.338 e. The van der Waals surface area contributed by atoms with E-state index in [4.69, 9.17) is 18.9 Å². The highest BCUT2D eigenvalue weighted by molar-refractivity contribution is 5.90. The van der Waals surface area contributed by atoms with Gasteiger partial charge in [-0.3, -0.25) is 0 Å². The molecule has 8 heteroatoms. The van der Waals surface area contributed by atoms with E-state index in [1.54, 1.807) is 38.1 Å². The molecule has 0 fully saturated rings. The van der Waals surface area contributed by atoms with Crippen molar-refractivity contribution in [3.05, 3.63) is 120 Å². The molecule has 4 rings (SSSR count). The molecule has 0 aliphatic carbocycles. The van der Waals surface area contributed by atoms with Crippen LogP contribution in [-0.2, 0) is 9.47 Å². The van der Waals surface area contributed by atoms with E-state index in [1.807, 2.05) is 72.8 Å². The number of unbranched alkanes of at least 4 members (excludes halogenated alkanes) is 14. The summed E-state index contributed by atoms with van der Waals surface area (Å²) in [5, 5.41) is 19.8. The largest absolute Gasteiger partial charge is 0.494 e. The molecule has 0 amide bonds. The fourth-order valence-corrected chi connectivity index (χ4v) is 7.14. The summed E-state index contributed by atoms with van der Waals surface area (Å²) in [6.45, 7) is 5.75. The van der Waals surface area contributed by atoms with E-state index < -0.39 is 6.29 Å². The maximum atomic E-state index is 11.9. The second-order valence-electron chi connectivity index (χ2n) is 15.3. The molecule has 0 saturated heterocycles. The number of hydrogen-bond donors (Lipinski definition) is 2. The molecule has 0 heterocycles. The molecule has 0 aliphatic heterocycles. The van der Waals surface area contributed by atoms with Crippen LogP contribution in [0.15, 0.2) is 109 Å². The topological polar surface area (TPSA) is 112 Å². The number of esters is 2. The first kappa shape index (κ1) is 47.8. The van der Waals surface area contributed by atoms with Crippen molar-refractivity contribution in [2.24, 2.45) is 0 Å². The lowest BCUT2D eigenvalue weighted by molar-refractivity contribution is -0.0107. The number of rotatable bonds is 30. The van der Waals surface area contributed by atoms with Crippen LogP contribution in [0.4, 0.5) is 0 Å². The molecule has 0 atom stereocenters. The molecule has 2 N–H and O–H groups in total. The van der Waals surface area contributed by atoms with Crippen molar-refractivity contribution in [2.45, 2.75) is 129 Å². The maximum Gasteiger partial charge on any atom is 0.338 e. The van der Waals surface area contributed by atoms with E-state index in [9.17, 15) is 19.8 Å². The van der Waals surface area contributed by atoms with Gasteiger partial charge in [0.1, 0.15) is 11.5 Å². The quantitative estimate of drug-likeness (QED) is 0.0231. The highest BCUT2D eigenvalue weighted by Crippen LogP contribution is 2.25. The van der Waals surface area contributed by atoms with Crippen molar-refractivity contribution in [3.63, 3.8) is 0 Å². The zero-order valence-electron chi connectivity index (χ0n) is 36.1. The Bertz CT molecular complexity index is 1800. The zero-order valence-corrected chi connectivity index (χ0v) is 36.1. The Morgan fingerprint density at radius 1 is 0.467 bits per heavy atom. The molecule has 0 radical (unpaired) electrons. The van der Waals surface area contributed by atoms with Crippen LogP contribution in [-0.4, -0.2) is 54.9 Å². The lowest BCUT2D eigenvalue weighted by Gasteiger charge is -2.10. The van der Waals surface area contributed by atoms with Crippen molar-refractivity contribution in [1.82, 2.24) is 0 Å². The second-order valence-corrected chi connectivity index (χ2v) is 15.3. The Balaban J connectivity index is 0.934. The van der Waals surface area contributed by atoms with Gasteiger partial charge in [0.2, 0.25) is 0 Å². The molecular formula is C52H68O8. The third-order valence-corrected chi connectivity index (χ3v) is 10.7. The number of carbonyl (C=O) groups is 2. The first-order valence-corrected chi connectivity index (χ1v) is 22.4. The van der Waals surface area contributed by atoms with Gasteiger partial charge in [0.15, 0.2) is 6.29 Å². The summed E-state index contributed by atoms with van der Waals surface area (Å²) in [5.41, 5.74) is 6.12. The van der Waals surface area contributed by atoms with E-state index >= 15 is 0 Å². The van der Waals surface area contributed by atoms with Crippen LogP contribution < -0.4 is 9.47 Å². The molecule has 0 spiro atoms. The predicted molar refractivity (Wildman–Crippen MR) is 241 cm³/mol. The Kier molecular flexibility index (Phi) is 22.7. The fourth-order valence-electron chi connectivity index (χ4n) is 7.14. The lowest BCUT2D eigenvalue weighted by atomic mass is 10.0. The lowest BCUT2D eigenvalue weighted by Crippen LogP contribution is -2.08. The second kappa shape index (κ2) is 28.5. The number of aliphatic hydroxyl groups excluding tert-OH is 1. The van der Waals surface area contributed by atoms with Crippen LogP contribution in [0.1, 0.15) is 144 Å². The van der Waals surface area contributed by atoms with Crippen LogP contribution in [0.25, 0.3) is 22.3 Å². The molecule has 8 nitrogen and oxygen atoms in total. The molecule has 60 heavy (non-hydrogen) atoms. The van der Waals surface area contributed by atoms with Gasteiger partial charge in [-0.2, -0.15) is 0 Å². The monoisotopic (exact) mass is 820 g/mol. The number of carbonyl (C=O) groups excluding carboxylic acids is 2. The summed E-state index contributed by atoms with van der Waals surface area (Å²) in [6, 6.07) is 31.1. The van der Waals surface area contributed by atoms with E-state index in [0.29, 0.717) is 37.6 Å². The van der Waals surface area contributed by atoms with Crippen LogP contribution in [0.2, 0.25) is 0 Å². The van der Waals surface area contributed by atoms with Crippen molar-refractivity contribution < 1.29 is 38.7 Å². The Hall–Kier alpha value is -4.92. The summed E-state index contributed by atoms with van der Waals surface area (Å²) < 4.78 is 22.0. The minimum atomic E-state index is -1.35. The molecule has 0 unspecified atom stereocenters. The molecule has 0 aliphatic rings. The van der Waals surface area contributed by atoms with Crippen molar-refractivity contribution in [2.75, 3.05) is 26.4 Å². The van der Waals surface area contributed by atoms with Gasteiger partial charge < -0.3 is 29.2 Å². The van der Waals surface area contributed by atoms with Gasteiger partial charge in [-0.15, -0.1) is 0 Å². The summed E-state index contributed by atoms with van der Waals surface area (Å²) in [5.74, 6) is 1.13. The molecule has 4 aromatic rings. The molecule has 0 saturated carbocycles. The summed E-state index contributed by atoms with van der Waals surface area (Å²) in [4.78, 5) is 23.8. The summed E-state index contributed by atoms with van der Waals surface area (Å²) >= 11 is 0. The van der Waals surface area contributed by atoms with Crippen LogP contribution >= 0.6 is 0 Å². The summed E-state index contributed by atoms with van der Waals surface area (Å²) in [7, 11) is 0. The van der Waals surface area contributed by atoms with Gasteiger partial charge >= 0.3 is 11.9 Å². The van der Waals surface area contributed by atoms with Crippen molar-refractivity contribution >= 4 is 11.9 Å². The normalized spacial score (nSPS) is 11.4. The van der Waals surface area contributed by atoms with E-state index in [0.717, 1.165) is 104 Å². The average Bonchev–Trinajstić information content (AvgIpc) is 3.27. The van der Waals surface area contributed by atoms with Gasteiger partial charge in [0.25, 0.3) is 0 Å². The minimum absolute atomic E-state index is 0.299. The van der Waals surface area contributed by atoms with Crippen LogP contribution in [0, 0.1) is 0 Å². The van der Waals surface area contributed by atoms with Gasteiger partial charge in [0, 0.05) is 0 Å².